The molecule has 5 nitrogen and oxygen atoms in total. The fourth-order valence-electron chi connectivity index (χ4n) is 2.09. The Morgan fingerprint density at radius 2 is 1.83 bits per heavy atom. The third-order valence-electron chi connectivity index (χ3n) is 3.37. The van der Waals surface area contributed by atoms with Crippen molar-refractivity contribution in [1.82, 2.24) is 5.32 Å². The molecule has 0 saturated heterocycles. The predicted octanol–water partition coefficient (Wildman–Crippen LogP) is 2.70. The zero-order chi connectivity index (χ0) is 16.5. The Balaban J connectivity index is 0.00000288. The molecule has 130 valence electrons. The van der Waals surface area contributed by atoms with E-state index in [1.54, 1.807) is 7.11 Å². The Hall–Kier alpha value is -2.24. The lowest BCUT2D eigenvalue weighted by atomic mass is 10.1. The Morgan fingerprint density at radius 1 is 1.12 bits per heavy atom. The van der Waals surface area contributed by atoms with Crippen LogP contribution in [0, 0.1) is 0 Å². The molecule has 0 aromatic heterocycles. The number of halogens is 1. The van der Waals surface area contributed by atoms with Gasteiger partial charge in [0.05, 0.1) is 13.7 Å². The predicted molar refractivity (Wildman–Crippen MR) is 96.7 cm³/mol. The number of carbonyl (C=O) groups excluding carboxylic acids is 1. The third kappa shape index (κ3) is 6.10. The van der Waals surface area contributed by atoms with Gasteiger partial charge in [-0.2, -0.15) is 0 Å². The fraction of sp³-hybridized carbons (Fsp3) is 0.278. The molecule has 1 atom stereocenters. The summed E-state index contributed by atoms with van der Waals surface area (Å²) >= 11 is 0. The number of methoxy groups -OCH3 is 1. The van der Waals surface area contributed by atoms with Crippen LogP contribution < -0.4 is 20.5 Å². The molecular weight excluding hydrogens is 328 g/mol. The van der Waals surface area contributed by atoms with Crippen LogP contribution >= 0.6 is 12.4 Å². The molecule has 0 aliphatic rings. The largest absolute Gasteiger partial charge is 0.497 e. The highest BCUT2D eigenvalue weighted by Gasteiger charge is 2.14. The van der Waals surface area contributed by atoms with Crippen molar-refractivity contribution in [3.63, 3.8) is 0 Å². The molecule has 0 fully saturated rings. The lowest BCUT2D eigenvalue weighted by molar-refractivity contribution is -0.122. The van der Waals surface area contributed by atoms with E-state index in [-0.39, 0.29) is 18.3 Å². The molecule has 0 bridgehead atoms. The molecule has 24 heavy (non-hydrogen) atoms. The van der Waals surface area contributed by atoms with Crippen LogP contribution in [0.4, 0.5) is 0 Å². The maximum atomic E-state index is 12.0. The number of hydrogen-bond donors (Lipinski definition) is 2. The van der Waals surface area contributed by atoms with Gasteiger partial charge in [-0.15, -0.1) is 12.4 Å². The van der Waals surface area contributed by atoms with Crippen molar-refractivity contribution in [3.05, 3.63) is 60.2 Å². The number of benzene rings is 2. The molecule has 1 unspecified atom stereocenters. The van der Waals surface area contributed by atoms with E-state index >= 15 is 0 Å². The molecule has 3 N–H and O–H groups in total. The van der Waals surface area contributed by atoms with Crippen molar-refractivity contribution in [2.24, 2.45) is 5.73 Å². The van der Waals surface area contributed by atoms with Gasteiger partial charge in [0.2, 0.25) is 5.91 Å². The molecule has 0 aliphatic carbocycles. The van der Waals surface area contributed by atoms with Gasteiger partial charge in [-0.1, -0.05) is 36.4 Å². The smallest absolute Gasteiger partial charge is 0.241 e. The van der Waals surface area contributed by atoms with Gasteiger partial charge in [-0.25, -0.2) is 0 Å². The number of hydrogen-bond acceptors (Lipinski definition) is 4. The van der Waals surface area contributed by atoms with Crippen LogP contribution in [0.1, 0.15) is 18.0 Å². The first-order chi connectivity index (χ1) is 11.2. The first kappa shape index (κ1) is 19.8. The van der Waals surface area contributed by atoms with E-state index < -0.39 is 6.04 Å². The minimum atomic E-state index is -0.643. The van der Waals surface area contributed by atoms with Crippen LogP contribution in [-0.2, 0) is 4.79 Å². The first-order valence-corrected chi connectivity index (χ1v) is 7.56. The molecule has 2 rings (SSSR count). The topological polar surface area (TPSA) is 73.6 Å². The summed E-state index contributed by atoms with van der Waals surface area (Å²) in [6.45, 7) is 1.03. The third-order valence-corrected chi connectivity index (χ3v) is 3.37. The van der Waals surface area contributed by atoms with Gasteiger partial charge in [-0.05, 0) is 24.1 Å². The van der Waals surface area contributed by atoms with Crippen molar-refractivity contribution in [1.29, 1.82) is 0 Å². The van der Waals surface area contributed by atoms with Crippen molar-refractivity contribution >= 4 is 18.3 Å². The molecule has 0 spiro atoms. The monoisotopic (exact) mass is 350 g/mol. The van der Waals surface area contributed by atoms with E-state index in [1.807, 2.05) is 54.6 Å². The lowest BCUT2D eigenvalue weighted by Crippen LogP contribution is -2.35. The summed E-state index contributed by atoms with van der Waals surface area (Å²) in [5.41, 5.74) is 6.72. The van der Waals surface area contributed by atoms with Crippen LogP contribution in [0.5, 0.6) is 11.5 Å². The Kier molecular flexibility index (Phi) is 8.68. The summed E-state index contributed by atoms with van der Waals surface area (Å²) in [6, 6.07) is 16.1. The summed E-state index contributed by atoms with van der Waals surface area (Å²) in [5, 5.41) is 2.82. The highest BCUT2D eigenvalue weighted by molar-refractivity contribution is 5.85. The van der Waals surface area contributed by atoms with Crippen LogP contribution in [0.2, 0.25) is 0 Å². The van der Waals surface area contributed by atoms with E-state index in [1.165, 1.54) is 0 Å². The SMILES string of the molecule is COc1cccc(OCCCNC(=O)C(N)c2ccccc2)c1.Cl. The first-order valence-electron chi connectivity index (χ1n) is 7.56. The molecule has 0 radical (unpaired) electrons. The van der Waals surface area contributed by atoms with Gasteiger partial charge in [-0.3, -0.25) is 4.79 Å². The van der Waals surface area contributed by atoms with Gasteiger partial charge in [0.1, 0.15) is 17.5 Å². The zero-order valence-corrected chi connectivity index (χ0v) is 14.4. The molecule has 2 aromatic rings. The molecule has 2 aromatic carbocycles. The second-order valence-corrected chi connectivity index (χ2v) is 5.06. The average Bonchev–Trinajstić information content (AvgIpc) is 2.61. The minimum Gasteiger partial charge on any atom is -0.497 e. The fourth-order valence-corrected chi connectivity index (χ4v) is 2.09. The van der Waals surface area contributed by atoms with Crippen molar-refractivity contribution in [3.8, 4) is 11.5 Å². The van der Waals surface area contributed by atoms with Gasteiger partial charge < -0.3 is 20.5 Å². The summed E-state index contributed by atoms with van der Waals surface area (Å²) < 4.78 is 10.7. The van der Waals surface area contributed by atoms with Crippen LogP contribution in [0.3, 0.4) is 0 Å². The second-order valence-electron chi connectivity index (χ2n) is 5.06. The van der Waals surface area contributed by atoms with E-state index in [2.05, 4.69) is 5.32 Å². The van der Waals surface area contributed by atoms with Gasteiger partial charge in [0.15, 0.2) is 0 Å². The highest BCUT2D eigenvalue weighted by atomic mass is 35.5. The van der Waals surface area contributed by atoms with Gasteiger partial charge in [0, 0.05) is 12.6 Å². The number of nitrogens with two attached hydrogens (primary N) is 1. The highest BCUT2D eigenvalue weighted by Crippen LogP contribution is 2.18. The van der Waals surface area contributed by atoms with Gasteiger partial charge in [0.25, 0.3) is 0 Å². The summed E-state index contributed by atoms with van der Waals surface area (Å²) in [5.74, 6) is 1.32. The normalized spacial score (nSPS) is 11.1. The van der Waals surface area contributed by atoms with Crippen LogP contribution in [-0.4, -0.2) is 26.2 Å². The van der Waals surface area contributed by atoms with Crippen LogP contribution in [0.15, 0.2) is 54.6 Å². The molecule has 6 heteroatoms. The second kappa shape index (κ2) is 10.5. The average molecular weight is 351 g/mol. The van der Waals surface area contributed by atoms with E-state index in [0.29, 0.717) is 19.6 Å². The number of ether oxygens (including phenoxy) is 2. The number of nitrogens with one attached hydrogen (secondary N) is 1. The molecule has 0 aliphatic heterocycles. The van der Waals surface area contributed by atoms with Crippen molar-refractivity contribution < 1.29 is 14.3 Å². The molecule has 0 saturated carbocycles. The zero-order valence-electron chi connectivity index (χ0n) is 13.6. The van der Waals surface area contributed by atoms with Gasteiger partial charge >= 0.3 is 0 Å². The summed E-state index contributed by atoms with van der Waals surface area (Å²) in [7, 11) is 1.62. The van der Waals surface area contributed by atoms with Crippen LogP contribution in [0.25, 0.3) is 0 Å². The Labute approximate surface area is 148 Å². The maximum absolute atomic E-state index is 12.0. The Bertz CT molecular complexity index is 623. The van der Waals surface area contributed by atoms with E-state index in [0.717, 1.165) is 17.1 Å². The molecule has 0 heterocycles. The lowest BCUT2D eigenvalue weighted by Gasteiger charge is -2.13. The van der Waals surface area contributed by atoms with Crippen molar-refractivity contribution in [2.75, 3.05) is 20.3 Å². The molecular formula is C18H23ClN2O3. The van der Waals surface area contributed by atoms with E-state index in [9.17, 15) is 4.79 Å². The Morgan fingerprint density at radius 3 is 2.54 bits per heavy atom. The maximum Gasteiger partial charge on any atom is 0.241 e. The van der Waals surface area contributed by atoms with E-state index in [4.69, 9.17) is 15.2 Å². The van der Waals surface area contributed by atoms with Crippen molar-refractivity contribution in [2.45, 2.75) is 12.5 Å². The number of amides is 1. The quantitative estimate of drug-likeness (QED) is 0.718. The summed E-state index contributed by atoms with van der Waals surface area (Å²) in [6.07, 6.45) is 0.699. The summed E-state index contributed by atoms with van der Waals surface area (Å²) in [4.78, 5) is 12.0. The minimum absolute atomic E-state index is 0. The molecule has 1 amide bonds. The number of carbonyl (C=O) groups is 1. The standard InChI is InChI=1S/C18H22N2O3.ClH/c1-22-15-9-5-10-16(13-15)23-12-6-11-20-18(21)17(19)14-7-3-2-4-8-14;/h2-5,7-10,13,17H,6,11-12,19H2,1H3,(H,20,21);1H. The number of rotatable bonds is 8.